The van der Waals surface area contributed by atoms with E-state index in [2.05, 4.69) is 11.9 Å². The van der Waals surface area contributed by atoms with Crippen molar-refractivity contribution in [2.75, 3.05) is 6.54 Å². The monoisotopic (exact) mass is 444 g/mol. The average molecular weight is 445 g/mol. The number of thiocarbonyl (C=S) groups is 1. The highest BCUT2D eigenvalue weighted by Crippen LogP contribution is 2.30. The predicted molar refractivity (Wildman–Crippen MR) is 118 cm³/mol. The number of halogens is 1. The van der Waals surface area contributed by atoms with Gasteiger partial charge in [0.15, 0.2) is 5.11 Å². The number of carbonyl (C=O) groups excluding carboxylic acids is 2. The van der Waals surface area contributed by atoms with Crippen molar-refractivity contribution in [1.82, 2.24) is 14.8 Å². The Bertz CT molecular complexity index is 1150. The summed E-state index contributed by atoms with van der Waals surface area (Å²) >= 11 is 11.1. The molecule has 0 bridgehead atoms. The van der Waals surface area contributed by atoms with Crippen molar-refractivity contribution in [2.45, 2.75) is 13.8 Å². The van der Waals surface area contributed by atoms with E-state index < -0.39 is 16.7 Å². The minimum absolute atomic E-state index is 0.0142. The fourth-order valence-corrected chi connectivity index (χ4v) is 3.75. The summed E-state index contributed by atoms with van der Waals surface area (Å²) in [5.41, 5.74) is 2.56. The van der Waals surface area contributed by atoms with Gasteiger partial charge in [0, 0.05) is 29.7 Å². The molecule has 2 heterocycles. The van der Waals surface area contributed by atoms with E-state index in [9.17, 15) is 19.7 Å². The number of hydrogen-bond donors (Lipinski definition) is 1. The molecule has 2 aromatic rings. The van der Waals surface area contributed by atoms with Crippen LogP contribution >= 0.6 is 23.8 Å². The molecule has 0 radical (unpaired) electrons. The van der Waals surface area contributed by atoms with Crippen molar-refractivity contribution in [2.24, 2.45) is 0 Å². The first-order valence-electron chi connectivity index (χ1n) is 8.78. The van der Waals surface area contributed by atoms with Gasteiger partial charge in [0.2, 0.25) is 0 Å². The molecule has 1 N–H and O–H groups in total. The first-order valence-corrected chi connectivity index (χ1v) is 9.57. The molecule has 1 saturated heterocycles. The van der Waals surface area contributed by atoms with Gasteiger partial charge in [-0.2, -0.15) is 0 Å². The molecular weight excluding hydrogens is 428 g/mol. The van der Waals surface area contributed by atoms with Crippen molar-refractivity contribution in [1.29, 1.82) is 0 Å². The molecule has 0 aliphatic carbocycles. The minimum Gasteiger partial charge on any atom is -0.318 e. The summed E-state index contributed by atoms with van der Waals surface area (Å²) in [7, 11) is 0. The molecule has 2 amide bonds. The third-order valence-electron chi connectivity index (χ3n) is 4.65. The number of benzene rings is 1. The zero-order valence-corrected chi connectivity index (χ0v) is 17.7. The zero-order valence-electron chi connectivity index (χ0n) is 16.1. The summed E-state index contributed by atoms with van der Waals surface area (Å²) in [6.45, 7) is 7.42. The van der Waals surface area contributed by atoms with Crippen molar-refractivity contribution in [3.63, 3.8) is 0 Å². The van der Waals surface area contributed by atoms with Crippen LogP contribution in [0.3, 0.4) is 0 Å². The quantitative estimate of drug-likeness (QED) is 0.190. The minimum atomic E-state index is -0.575. The van der Waals surface area contributed by atoms with Gasteiger partial charge in [0.25, 0.3) is 17.5 Å². The van der Waals surface area contributed by atoms with Crippen LogP contribution in [0.25, 0.3) is 11.8 Å². The highest BCUT2D eigenvalue weighted by Gasteiger charge is 2.33. The molecule has 1 fully saturated rings. The molecule has 1 aromatic carbocycles. The Morgan fingerprint density at radius 3 is 2.60 bits per heavy atom. The molecule has 0 saturated carbocycles. The van der Waals surface area contributed by atoms with Crippen LogP contribution in [-0.2, 0) is 9.59 Å². The first-order chi connectivity index (χ1) is 14.1. The highest BCUT2D eigenvalue weighted by atomic mass is 35.5. The number of aromatic nitrogens is 1. The van der Waals surface area contributed by atoms with Crippen LogP contribution in [-0.4, -0.2) is 37.9 Å². The van der Waals surface area contributed by atoms with E-state index in [1.807, 2.05) is 24.5 Å². The smallest absolute Gasteiger partial charge is 0.288 e. The second-order valence-electron chi connectivity index (χ2n) is 6.58. The predicted octanol–water partition coefficient (Wildman–Crippen LogP) is 3.47. The summed E-state index contributed by atoms with van der Waals surface area (Å²) in [5.74, 6) is -1.08. The Morgan fingerprint density at radius 1 is 1.30 bits per heavy atom. The Labute approximate surface area is 182 Å². The number of carbonyl (C=O) groups is 2. The van der Waals surface area contributed by atoms with Crippen LogP contribution in [0.1, 0.15) is 17.0 Å². The van der Waals surface area contributed by atoms with Gasteiger partial charge < -0.3 is 4.57 Å². The van der Waals surface area contributed by atoms with E-state index in [4.69, 9.17) is 23.8 Å². The van der Waals surface area contributed by atoms with Gasteiger partial charge in [-0.3, -0.25) is 29.9 Å². The fourth-order valence-electron chi connectivity index (χ4n) is 3.26. The van der Waals surface area contributed by atoms with Crippen molar-refractivity contribution in [3.05, 3.63) is 74.6 Å². The molecule has 10 heteroatoms. The van der Waals surface area contributed by atoms with Crippen LogP contribution in [0.2, 0.25) is 5.02 Å². The maximum Gasteiger partial charge on any atom is 0.288 e. The number of hydrogen-bond acceptors (Lipinski definition) is 5. The summed E-state index contributed by atoms with van der Waals surface area (Å²) in [4.78, 5) is 36.8. The molecule has 1 aromatic heterocycles. The molecule has 3 rings (SSSR count). The Morgan fingerprint density at radius 2 is 2.00 bits per heavy atom. The summed E-state index contributed by atoms with van der Waals surface area (Å²) in [6.07, 6.45) is 3.02. The average Bonchev–Trinajstić information content (AvgIpc) is 2.95. The zero-order chi connectivity index (χ0) is 22.2. The molecule has 0 spiro atoms. The van der Waals surface area contributed by atoms with E-state index >= 15 is 0 Å². The largest absolute Gasteiger partial charge is 0.318 e. The lowest BCUT2D eigenvalue weighted by atomic mass is 10.1. The molecule has 0 unspecified atom stereocenters. The molecular formula is C20H17ClN4O4S. The number of amides is 2. The molecule has 30 heavy (non-hydrogen) atoms. The third kappa shape index (κ3) is 3.77. The number of nitrogens with zero attached hydrogens (tertiary/aromatic N) is 3. The molecule has 8 nitrogen and oxygen atoms in total. The maximum atomic E-state index is 12.7. The molecule has 1 aliphatic rings. The normalized spacial score (nSPS) is 15.5. The highest BCUT2D eigenvalue weighted by molar-refractivity contribution is 7.80. The summed E-state index contributed by atoms with van der Waals surface area (Å²) < 4.78 is 1.83. The number of nitro groups is 1. The van der Waals surface area contributed by atoms with Gasteiger partial charge >= 0.3 is 0 Å². The van der Waals surface area contributed by atoms with E-state index in [1.54, 1.807) is 6.07 Å². The number of nitrogens with one attached hydrogen (secondary N) is 1. The SMILES string of the molecule is C=CCN1C(=O)/C(=C/c2cc(C)n(-c3ccc([N+](=O)[O-])c(Cl)c3)c2C)C(=O)NC1=S. The van der Waals surface area contributed by atoms with Crippen molar-refractivity contribution >= 4 is 52.5 Å². The van der Waals surface area contributed by atoms with Crippen LogP contribution in [0.4, 0.5) is 5.69 Å². The number of rotatable bonds is 5. The van der Waals surface area contributed by atoms with Gasteiger partial charge in [0.05, 0.1) is 4.92 Å². The third-order valence-corrected chi connectivity index (χ3v) is 5.28. The van der Waals surface area contributed by atoms with Gasteiger partial charge in [0.1, 0.15) is 10.6 Å². The van der Waals surface area contributed by atoms with Gasteiger partial charge in [-0.15, -0.1) is 6.58 Å². The number of aryl methyl sites for hydroxylation is 1. The Hall–Kier alpha value is -3.30. The van der Waals surface area contributed by atoms with E-state index in [-0.39, 0.29) is 27.9 Å². The Kier molecular flexibility index (Phi) is 5.86. The fraction of sp³-hybridized carbons (Fsp3) is 0.150. The lowest BCUT2D eigenvalue weighted by molar-refractivity contribution is -0.384. The van der Waals surface area contributed by atoms with E-state index in [1.165, 1.54) is 29.2 Å². The standard InChI is InChI=1S/C20H17ClN4O4S/c1-4-7-23-19(27)15(18(26)22-20(23)30)9-13-8-11(2)24(12(13)3)14-5-6-17(25(28)29)16(21)10-14/h4-6,8-10H,1,7H2,2-3H3,(H,22,26,30)/b15-9+. The Balaban J connectivity index is 2.05. The lowest BCUT2D eigenvalue weighted by Gasteiger charge is -2.27. The lowest BCUT2D eigenvalue weighted by Crippen LogP contribution is -2.53. The first kappa shape index (κ1) is 21.4. The topological polar surface area (TPSA) is 97.5 Å². The van der Waals surface area contributed by atoms with Crippen LogP contribution in [0, 0.1) is 24.0 Å². The van der Waals surface area contributed by atoms with Crippen LogP contribution < -0.4 is 5.32 Å². The summed E-state index contributed by atoms with van der Waals surface area (Å²) in [5, 5.41) is 13.6. The maximum absolute atomic E-state index is 12.7. The van der Waals surface area contributed by atoms with Crippen molar-refractivity contribution < 1.29 is 14.5 Å². The van der Waals surface area contributed by atoms with Crippen LogP contribution in [0.5, 0.6) is 0 Å². The van der Waals surface area contributed by atoms with Gasteiger partial charge in [-0.05, 0) is 55.9 Å². The number of nitro benzene ring substituents is 1. The van der Waals surface area contributed by atoms with Gasteiger partial charge in [-0.1, -0.05) is 17.7 Å². The second kappa shape index (κ2) is 8.21. The second-order valence-corrected chi connectivity index (χ2v) is 7.37. The van der Waals surface area contributed by atoms with Gasteiger partial charge in [-0.25, -0.2) is 0 Å². The van der Waals surface area contributed by atoms with E-state index in [0.29, 0.717) is 11.3 Å². The molecule has 154 valence electrons. The summed E-state index contributed by atoms with van der Waals surface area (Å²) in [6, 6.07) is 6.23. The van der Waals surface area contributed by atoms with Crippen LogP contribution in [0.15, 0.2) is 42.5 Å². The van der Waals surface area contributed by atoms with E-state index in [0.717, 1.165) is 11.4 Å². The molecule has 0 atom stereocenters. The molecule has 1 aliphatic heterocycles. The van der Waals surface area contributed by atoms with Crippen molar-refractivity contribution in [3.8, 4) is 5.69 Å².